The maximum absolute atomic E-state index is 12.8. The summed E-state index contributed by atoms with van der Waals surface area (Å²) in [6, 6.07) is 14.3. The molecule has 3 amide bonds. The number of benzene rings is 2. The Morgan fingerprint density at radius 1 is 0.935 bits per heavy atom. The third-order valence-electron chi connectivity index (χ3n) is 4.78. The zero-order valence-electron chi connectivity index (χ0n) is 16.0. The molecule has 0 unspecified atom stereocenters. The van der Waals surface area contributed by atoms with Crippen molar-refractivity contribution < 1.29 is 27.6 Å². The van der Waals surface area contributed by atoms with Gasteiger partial charge in [0.05, 0.1) is 28.1 Å². The van der Waals surface area contributed by atoms with E-state index in [2.05, 4.69) is 10.3 Å². The summed E-state index contributed by atoms with van der Waals surface area (Å²) in [4.78, 5) is 42.3. The fraction of sp³-hybridized carbons (Fsp3) is 0.0909. The average Bonchev–Trinajstić information content (AvgIpc) is 2.98. The Balaban J connectivity index is 1.58. The molecule has 0 spiro atoms. The summed E-state index contributed by atoms with van der Waals surface area (Å²) in [6.45, 7) is 1.30. The molecule has 0 atom stereocenters. The molecule has 1 aliphatic heterocycles. The van der Waals surface area contributed by atoms with E-state index < -0.39 is 29.6 Å². The van der Waals surface area contributed by atoms with Gasteiger partial charge in [-0.2, -0.15) is 13.2 Å². The maximum atomic E-state index is 12.8. The highest BCUT2D eigenvalue weighted by atomic mass is 19.4. The van der Waals surface area contributed by atoms with Gasteiger partial charge in [-0.3, -0.25) is 14.4 Å². The first-order chi connectivity index (χ1) is 14.7. The molecule has 2 heterocycles. The first-order valence-corrected chi connectivity index (χ1v) is 9.11. The molecule has 0 saturated heterocycles. The Kier molecular flexibility index (Phi) is 4.81. The van der Waals surface area contributed by atoms with Gasteiger partial charge in [0.2, 0.25) is 0 Å². The molecule has 3 aromatic rings. The first-order valence-electron chi connectivity index (χ1n) is 9.11. The molecule has 1 N–H and O–H groups in total. The number of alkyl halides is 3. The molecule has 4 rings (SSSR count). The molecule has 156 valence electrons. The highest BCUT2D eigenvalue weighted by Gasteiger charge is 2.36. The highest BCUT2D eigenvalue weighted by Crippen LogP contribution is 2.30. The number of nitrogens with zero attached hydrogens (tertiary/aromatic N) is 2. The number of fused-ring (bicyclic) bond motifs is 1. The molecule has 0 radical (unpaired) electrons. The summed E-state index contributed by atoms with van der Waals surface area (Å²) in [5, 5.41) is 2.56. The minimum absolute atomic E-state index is 0.0286. The van der Waals surface area contributed by atoms with Crippen molar-refractivity contribution in [3.63, 3.8) is 0 Å². The number of amides is 3. The molecule has 0 bridgehead atoms. The van der Waals surface area contributed by atoms with Crippen molar-refractivity contribution in [2.45, 2.75) is 13.1 Å². The van der Waals surface area contributed by atoms with Gasteiger partial charge in [0.25, 0.3) is 17.7 Å². The number of halogens is 3. The fourth-order valence-corrected chi connectivity index (χ4v) is 3.30. The third-order valence-corrected chi connectivity index (χ3v) is 4.78. The molecular weight excluding hydrogens is 411 g/mol. The summed E-state index contributed by atoms with van der Waals surface area (Å²) in [5.74, 6) is -1.63. The van der Waals surface area contributed by atoms with Crippen LogP contribution in [0.1, 0.15) is 42.5 Å². The molecular formula is C22H14F3N3O3. The van der Waals surface area contributed by atoms with Crippen LogP contribution in [-0.4, -0.2) is 22.7 Å². The number of pyridine rings is 1. The Labute approximate surface area is 174 Å². The van der Waals surface area contributed by atoms with Gasteiger partial charge in [0, 0.05) is 5.69 Å². The van der Waals surface area contributed by atoms with Gasteiger partial charge in [-0.15, -0.1) is 0 Å². The largest absolute Gasteiger partial charge is 0.433 e. The number of anilines is 2. The van der Waals surface area contributed by atoms with Gasteiger partial charge in [0.1, 0.15) is 5.69 Å². The Hall–Kier alpha value is -4.01. The average molecular weight is 425 g/mol. The second-order valence-electron chi connectivity index (χ2n) is 6.82. The van der Waals surface area contributed by atoms with E-state index in [1.807, 2.05) is 0 Å². The van der Waals surface area contributed by atoms with Gasteiger partial charge in [-0.25, -0.2) is 9.88 Å². The molecule has 0 fully saturated rings. The maximum Gasteiger partial charge on any atom is 0.433 e. The normalized spacial score (nSPS) is 13.4. The smallest absolute Gasteiger partial charge is 0.322 e. The molecule has 9 heteroatoms. The van der Waals surface area contributed by atoms with Crippen molar-refractivity contribution in [3.8, 4) is 0 Å². The van der Waals surface area contributed by atoms with E-state index in [1.54, 1.807) is 36.4 Å². The van der Waals surface area contributed by atoms with Gasteiger partial charge in [0.15, 0.2) is 0 Å². The van der Waals surface area contributed by atoms with Crippen molar-refractivity contribution in [2.75, 3.05) is 10.2 Å². The minimum Gasteiger partial charge on any atom is -0.322 e. The number of aromatic nitrogens is 1. The predicted molar refractivity (Wildman–Crippen MR) is 106 cm³/mol. The van der Waals surface area contributed by atoms with Crippen LogP contribution in [-0.2, 0) is 6.18 Å². The van der Waals surface area contributed by atoms with E-state index in [0.29, 0.717) is 0 Å². The van der Waals surface area contributed by atoms with Crippen LogP contribution in [0.5, 0.6) is 0 Å². The third kappa shape index (κ3) is 3.65. The topological polar surface area (TPSA) is 79.4 Å². The molecule has 1 aliphatic rings. The predicted octanol–water partition coefficient (Wildman–Crippen LogP) is 4.46. The standard InChI is InChI=1S/C22H14F3N3O3/c1-12-15(9-10-18(26-12)22(23,24)25)19(29)27-13-5-4-6-14(11-13)28-20(30)16-7-2-3-8-17(16)21(28)31/h2-11H,1H3,(H,27,29). The number of hydrogen-bond donors (Lipinski definition) is 1. The van der Waals surface area contributed by atoms with Gasteiger partial charge >= 0.3 is 6.18 Å². The Bertz CT molecular complexity index is 1200. The van der Waals surface area contributed by atoms with E-state index in [-0.39, 0.29) is 33.8 Å². The van der Waals surface area contributed by atoms with Crippen molar-refractivity contribution in [3.05, 3.63) is 88.7 Å². The minimum atomic E-state index is -4.61. The molecule has 2 aromatic carbocycles. The number of imide groups is 1. The summed E-state index contributed by atoms with van der Waals surface area (Å²) in [7, 11) is 0. The van der Waals surface area contributed by atoms with Gasteiger partial charge in [-0.05, 0) is 49.4 Å². The van der Waals surface area contributed by atoms with Crippen LogP contribution in [0.25, 0.3) is 0 Å². The van der Waals surface area contributed by atoms with Crippen molar-refractivity contribution in [1.82, 2.24) is 4.98 Å². The van der Waals surface area contributed by atoms with E-state index >= 15 is 0 Å². The van der Waals surface area contributed by atoms with Crippen molar-refractivity contribution >= 4 is 29.1 Å². The lowest BCUT2D eigenvalue weighted by molar-refractivity contribution is -0.141. The number of rotatable bonds is 3. The van der Waals surface area contributed by atoms with Crippen LogP contribution in [0, 0.1) is 6.92 Å². The quantitative estimate of drug-likeness (QED) is 0.629. The SMILES string of the molecule is Cc1nc(C(F)(F)F)ccc1C(=O)Nc1cccc(N2C(=O)c3ccccc3C2=O)c1. The lowest BCUT2D eigenvalue weighted by Gasteiger charge is -2.16. The lowest BCUT2D eigenvalue weighted by Crippen LogP contribution is -2.29. The number of nitrogens with one attached hydrogen (secondary N) is 1. The summed E-state index contributed by atoms with van der Waals surface area (Å²) in [5.41, 5.74) is -0.108. The second kappa shape index (κ2) is 7.35. The zero-order valence-corrected chi connectivity index (χ0v) is 16.0. The number of aryl methyl sites for hydroxylation is 1. The number of carbonyl (C=O) groups is 3. The zero-order chi connectivity index (χ0) is 22.3. The first kappa shape index (κ1) is 20.3. The van der Waals surface area contributed by atoms with Crippen LogP contribution in [0.4, 0.5) is 24.5 Å². The molecule has 1 aromatic heterocycles. The van der Waals surface area contributed by atoms with Crippen LogP contribution in [0.2, 0.25) is 0 Å². The summed E-state index contributed by atoms with van der Waals surface area (Å²) < 4.78 is 38.3. The van der Waals surface area contributed by atoms with Gasteiger partial charge in [-0.1, -0.05) is 18.2 Å². The van der Waals surface area contributed by atoms with Crippen LogP contribution < -0.4 is 10.2 Å². The van der Waals surface area contributed by atoms with Crippen molar-refractivity contribution in [2.24, 2.45) is 0 Å². The molecule has 0 aliphatic carbocycles. The van der Waals surface area contributed by atoms with Crippen molar-refractivity contribution in [1.29, 1.82) is 0 Å². The second-order valence-corrected chi connectivity index (χ2v) is 6.82. The van der Waals surface area contributed by atoms with E-state index in [1.165, 1.54) is 19.1 Å². The van der Waals surface area contributed by atoms with Crippen LogP contribution in [0.15, 0.2) is 60.7 Å². The molecule has 31 heavy (non-hydrogen) atoms. The lowest BCUT2D eigenvalue weighted by atomic mass is 10.1. The molecule has 0 saturated carbocycles. The molecule has 6 nitrogen and oxygen atoms in total. The van der Waals surface area contributed by atoms with E-state index in [4.69, 9.17) is 0 Å². The van der Waals surface area contributed by atoms with Crippen LogP contribution >= 0.6 is 0 Å². The van der Waals surface area contributed by atoms with E-state index in [9.17, 15) is 27.6 Å². The number of hydrogen-bond acceptors (Lipinski definition) is 4. The highest BCUT2D eigenvalue weighted by molar-refractivity contribution is 6.34. The monoisotopic (exact) mass is 425 g/mol. The Morgan fingerprint density at radius 3 is 2.16 bits per heavy atom. The summed E-state index contributed by atoms with van der Waals surface area (Å²) >= 11 is 0. The Morgan fingerprint density at radius 2 is 1.58 bits per heavy atom. The van der Waals surface area contributed by atoms with Gasteiger partial charge < -0.3 is 5.32 Å². The fourth-order valence-electron chi connectivity index (χ4n) is 3.30. The van der Waals surface area contributed by atoms with E-state index in [0.717, 1.165) is 17.0 Å². The van der Waals surface area contributed by atoms with Crippen LogP contribution in [0.3, 0.4) is 0 Å². The number of carbonyl (C=O) groups excluding carboxylic acids is 3. The summed E-state index contributed by atoms with van der Waals surface area (Å²) in [6.07, 6.45) is -4.61.